The minimum Gasteiger partial charge on any atom is -0.309 e. The van der Waals surface area contributed by atoms with Gasteiger partial charge in [0.1, 0.15) is 5.82 Å². The Labute approximate surface area is 228 Å². The van der Waals surface area contributed by atoms with E-state index < -0.39 is 15.9 Å². The number of aryl methyl sites for hydroxylation is 1. The zero-order chi connectivity index (χ0) is 27.4. The van der Waals surface area contributed by atoms with Gasteiger partial charge in [-0.2, -0.15) is 9.40 Å². The van der Waals surface area contributed by atoms with Gasteiger partial charge in [0.25, 0.3) is 0 Å². The van der Waals surface area contributed by atoms with Crippen LogP contribution in [0.25, 0.3) is 27.7 Å². The van der Waals surface area contributed by atoms with E-state index in [1.165, 1.54) is 4.31 Å². The molecule has 0 atom stereocenters. The highest BCUT2D eigenvalue weighted by molar-refractivity contribution is 7.89. The molecule has 1 heterocycles. The van der Waals surface area contributed by atoms with Crippen LogP contribution in [0.1, 0.15) is 18.9 Å². The predicted molar refractivity (Wildman–Crippen MR) is 155 cm³/mol. The number of hydrogen-bond acceptors (Lipinski definition) is 4. The summed E-state index contributed by atoms with van der Waals surface area (Å²) in [5.74, 6) is 0.0166. The van der Waals surface area contributed by atoms with Crippen molar-refractivity contribution in [2.24, 2.45) is 0 Å². The number of aromatic nitrogens is 2. The second-order valence-electron chi connectivity index (χ2n) is 9.42. The molecule has 7 nitrogen and oxygen atoms in total. The maximum atomic E-state index is 13.6. The zero-order valence-corrected chi connectivity index (χ0v) is 22.7. The number of carbonyl (C=O) groups is 1. The van der Waals surface area contributed by atoms with Crippen molar-refractivity contribution in [1.82, 2.24) is 14.1 Å². The van der Waals surface area contributed by atoms with Gasteiger partial charge in [-0.25, -0.2) is 13.1 Å². The first-order valence-electron chi connectivity index (χ1n) is 12.9. The lowest BCUT2D eigenvalue weighted by Crippen LogP contribution is -2.38. The number of amides is 1. The molecule has 198 valence electrons. The number of nitrogens with zero attached hydrogens (tertiary/aromatic N) is 3. The van der Waals surface area contributed by atoms with E-state index in [4.69, 9.17) is 5.10 Å². The minimum atomic E-state index is -3.90. The van der Waals surface area contributed by atoms with Gasteiger partial charge in [0.15, 0.2) is 0 Å². The molecule has 0 fully saturated rings. The molecule has 0 saturated carbocycles. The second kappa shape index (κ2) is 11.2. The highest BCUT2D eigenvalue weighted by atomic mass is 32.2. The summed E-state index contributed by atoms with van der Waals surface area (Å²) in [6.07, 6.45) is 0.569. The smallest absolute Gasteiger partial charge is 0.243 e. The summed E-state index contributed by atoms with van der Waals surface area (Å²) >= 11 is 0. The van der Waals surface area contributed by atoms with Crippen LogP contribution in [0, 0.1) is 6.92 Å². The molecule has 1 aromatic heterocycles. The van der Waals surface area contributed by atoms with Crippen LogP contribution in [0.2, 0.25) is 0 Å². The fourth-order valence-corrected chi connectivity index (χ4v) is 5.98. The molecule has 0 aliphatic heterocycles. The maximum absolute atomic E-state index is 13.6. The number of sulfonamides is 1. The van der Waals surface area contributed by atoms with Crippen molar-refractivity contribution in [3.05, 3.63) is 109 Å². The van der Waals surface area contributed by atoms with Gasteiger partial charge < -0.3 is 5.32 Å². The van der Waals surface area contributed by atoms with Gasteiger partial charge in [-0.05, 0) is 48.4 Å². The molecule has 8 heteroatoms. The van der Waals surface area contributed by atoms with Gasteiger partial charge >= 0.3 is 0 Å². The largest absolute Gasteiger partial charge is 0.309 e. The standard InChI is InChI=1S/C31H30N4O3S/c1-3-19-34(39(37,38)28-18-15-24-9-7-8-12-26(24)20-28)22-31(36)32-30-21-29(25-10-5-4-6-11-25)33-35(30)27-16-13-23(2)14-17-27/h4-18,20-21H,3,19,22H2,1-2H3,(H,32,36). The normalized spacial score (nSPS) is 11.7. The first-order valence-corrected chi connectivity index (χ1v) is 14.3. The Morgan fingerprint density at radius 2 is 1.56 bits per heavy atom. The maximum Gasteiger partial charge on any atom is 0.243 e. The van der Waals surface area contributed by atoms with Crippen molar-refractivity contribution in [1.29, 1.82) is 0 Å². The number of hydrogen-bond donors (Lipinski definition) is 1. The molecule has 0 saturated heterocycles. The van der Waals surface area contributed by atoms with E-state index in [1.54, 1.807) is 28.9 Å². The van der Waals surface area contributed by atoms with Crippen LogP contribution in [-0.4, -0.2) is 41.5 Å². The fourth-order valence-electron chi connectivity index (χ4n) is 4.46. The summed E-state index contributed by atoms with van der Waals surface area (Å²) in [4.78, 5) is 13.5. The molecule has 0 bridgehead atoms. The van der Waals surface area contributed by atoms with Crippen LogP contribution < -0.4 is 5.32 Å². The molecule has 5 rings (SSSR count). The molecule has 0 spiro atoms. The van der Waals surface area contributed by atoms with E-state index in [0.29, 0.717) is 17.9 Å². The molecule has 0 unspecified atom stereocenters. The van der Waals surface area contributed by atoms with Crippen molar-refractivity contribution in [2.75, 3.05) is 18.4 Å². The summed E-state index contributed by atoms with van der Waals surface area (Å²) in [5, 5.41) is 9.44. The van der Waals surface area contributed by atoms with E-state index in [9.17, 15) is 13.2 Å². The van der Waals surface area contributed by atoms with E-state index in [1.807, 2.05) is 92.7 Å². The van der Waals surface area contributed by atoms with Crippen LogP contribution in [0.4, 0.5) is 5.82 Å². The van der Waals surface area contributed by atoms with Gasteiger partial charge in [-0.3, -0.25) is 4.79 Å². The summed E-state index contributed by atoms with van der Waals surface area (Å²) in [7, 11) is -3.90. The second-order valence-corrected chi connectivity index (χ2v) is 11.4. The monoisotopic (exact) mass is 538 g/mol. The van der Waals surface area contributed by atoms with Gasteiger partial charge in [-0.1, -0.05) is 85.3 Å². The first-order chi connectivity index (χ1) is 18.8. The average molecular weight is 539 g/mol. The molecule has 0 aliphatic rings. The summed E-state index contributed by atoms with van der Waals surface area (Å²) in [6.45, 7) is 3.79. The van der Waals surface area contributed by atoms with Gasteiger partial charge in [-0.15, -0.1) is 0 Å². The van der Waals surface area contributed by atoms with Crippen molar-refractivity contribution < 1.29 is 13.2 Å². The molecule has 4 aromatic carbocycles. The molecule has 0 radical (unpaired) electrons. The third-order valence-electron chi connectivity index (χ3n) is 6.48. The van der Waals surface area contributed by atoms with Crippen LogP contribution in [-0.2, 0) is 14.8 Å². The van der Waals surface area contributed by atoms with Gasteiger partial charge in [0, 0.05) is 18.2 Å². The first kappa shape index (κ1) is 26.3. The number of anilines is 1. The number of carbonyl (C=O) groups excluding carboxylic acids is 1. The Balaban J connectivity index is 1.43. The van der Waals surface area contributed by atoms with Crippen molar-refractivity contribution in [3.63, 3.8) is 0 Å². The molecular weight excluding hydrogens is 508 g/mol. The molecule has 5 aromatic rings. The summed E-state index contributed by atoms with van der Waals surface area (Å²) in [6, 6.07) is 31.9. The lowest BCUT2D eigenvalue weighted by Gasteiger charge is -2.21. The van der Waals surface area contributed by atoms with Crippen molar-refractivity contribution in [2.45, 2.75) is 25.2 Å². The SMILES string of the molecule is CCCN(CC(=O)Nc1cc(-c2ccccc2)nn1-c1ccc(C)cc1)S(=O)(=O)c1ccc2ccccc2c1. The fraction of sp³-hybridized carbons (Fsp3) is 0.161. The van der Waals surface area contributed by atoms with Crippen LogP contribution >= 0.6 is 0 Å². The highest BCUT2D eigenvalue weighted by Crippen LogP contribution is 2.26. The third kappa shape index (κ3) is 5.77. The van der Waals surface area contributed by atoms with Gasteiger partial charge in [0.05, 0.1) is 22.8 Å². The number of nitrogens with one attached hydrogen (secondary N) is 1. The Morgan fingerprint density at radius 1 is 0.872 bits per heavy atom. The highest BCUT2D eigenvalue weighted by Gasteiger charge is 2.27. The van der Waals surface area contributed by atoms with E-state index in [0.717, 1.165) is 27.6 Å². The average Bonchev–Trinajstić information content (AvgIpc) is 3.37. The van der Waals surface area contributed by atoms with Crippen LogP contribution in [0.5, 0.6) is 0 Å². The molecule has 1 amide bonds. The lowest BCUT2D eigenvalue weighted by molar-refractivity contribution is -0.116. The molecule has 39 heavy (non-hydrogen) atoms. The molecular formula is C31H30N4O3S. The molecule has 1 N–H and O–H groups in total. The minimum absolute atomic E-state index is 0.165. The number of benzene rings is 4. The Bertz CT molecular complexity index is 1710. The van der Waals surface area contributed by atoms with Crippen molar-refractivity contribution >= 4 is 32.5 Å². The number of rotatable bonds is 9. The predicted octanol–water partition coefficient (Wildman–Crippen LogP) is 6.04. The third-order valence-corrected chi connectivity index (χ3v) is 8.32. The summed E-state index contributed by atoms with van der Waals surface area (Å²) in [5.41, 5.74) is 3.49. The number of fused-ring (bicyclic) bond motifs is 1. The lowest BCUT2D eigenvalue weighted by atomic mass is 10.1. The van der Waals surface area contributed by atoms with Crippen LogP contribution in [0.3, 0.4) is 0 Å². The van der Waals surface area contributed by atoms with E-state index in [2.05, 4.69) is 5.32 Å². The van der Waals surface area contributed by atoms with Gasteiger partial charge in [0.2, 0.25) is 15.9 Å². The van der Waals surface area contributed by atoms with Crippen molar-refractivity contribution in [3.8, 4) is 16.9 Å². The topological polar surface area (TPSA) is 84.3 Å². The van der Waals surface area contributed by atoms with E-state index in [-0.39, 0.29) is 18.0 Å². The quantitative estimate of drug-likeness (QED) is 0.248. The molecule has 0 aliphatic carbocycles. The Morgan fingerprint density at radius 3 is 2.28 bits per heavy atom. The Hall–Kier alpha value is -4.27. The Kier molecular flexibility index (Phi) is 7.58. The zero-order valence-electron chi connectivity index (χ0n) is 21.9. The summed E-state index contributed by atoms with van der Waals surface area (Å²) < 4.78 is 30.1. The van der Waals surface area contributed by atoms with Crippen LogP contribution in [0.15, 0.2) is 108 Å². The van der Waals surface area contributed by atoms with E-state index >= 15 is 0 Å².